The van der Waals surface area contributed by atoms with Gasteiger partial charge in [-0.15, -0.1) is 0 Å². The van der Waals surface area contributed by atoms with Crippen LogP contribution in [0.4, 0.5) is 0 Å². The summed E-state index contributed by atoms with van der Waals surface area (Å²) in [4.78, 5) is 12.4. The average molecular weight is 244 g/mol. The summed E-state index contributed by atoms with van der Waals surface area (Å²) in [5, 5.41) is 0. The summed E-state index contributed by atoms with van der Waals surface area (Å²) in [6.07, 6.45) is 8.78. The maximum absolute atomic E-state index is 12.4. The van der Waals surface area contributed by atoms with Gasteiger partial charge in [0.2, 0.25) is 0 Å². The number of allylic oxidation sites excluding steroid dienone is 2. The Labute approximate surface area is 108 Å². The highest BCUT2D eigenvalue weighted by atomic mass is 16.3. The van der Waals surface area contributed by atoms with Crippen LogP contribution in [0.15, 0.2) is 34.7 Å². The standard InChI is InChI=1S/C16H20O2/c1-15(2)6-4-7-16(3)13(15)9-12(17)14(16)11-5-8-18-10-11/h5,8-10,14H,4,6-7H2,1-3H3/t14-,16-/m1/s1. The fourth-order valence-electron chi connectivity index (χ4n) is 4.11. The lowest BCUT2D eigenvalue weighted by atomic mass is 9.58. The molecule has 1 saturated carbocycles. The van der Waals surface area contributed by atoms with Crippen molar-refractivity contribution in [2.24, 2.45) is 10.8 Å². The second-order valence-corrected chi connectivity index (χ2v) is 6.60. The zero-order valence-corrected chi connectivity index (χ0v) is 11.3. The lowest BCUT2D eigenvalue weighted by molar-refractivity contribution is -0.117. The van der Waals surface area contributed by atoms with Crippen LogP contribution < -0.4 is 0 Å². The summed E-state index contributed by atoms with van der Waals surface area (Å²) < 4.78 is 5.18. The molecule has 0 N–H and O–H groups in total. The van der Waals surface area contributed by atoms with Crippen molar-refractivity contribution in [2.45, 2.75) is 46.0 Å². The molecule has 0 bridgehead atoms. The molecule has 1 aromatic heterocycles. The SMILES string of the molecule is CC1(C)CCC[C@]2(C)C1=CC(=O)[C@H]2c1ccoc1. The summed E-state index contributed by atoms with van der Waals surface area (Å²) in [5.41, 5.74) is 2.52. The molecule has 1 heterocycles. The van der Waals surface area contributed by atoms with Crippen molar-refractivity contribution in [3.05, 3.63) is 35.8 Å². The van der Waals surface area contributed by atoms with Crippen LogP contribution in [-0.2, 0) is 4.79 Å². The molecule has 3 rings (SSSR count). The number of furan rings is 1. The number of fused-ring (bicyclic) bond motifs is 1. The van der Waals surface area contributed by atoms with Gasteiger partial charge >= 0.3 is 0 Å². The molecule has 0 unspecified atom stereocenters. The van der Waals surface area contributed by atoms with Crippen LogP contribution >= 0.6 is 0 Å². The molecule has 18 heavy (non-hydrogen) atoms. The maximum atomic E-state index is 12.4. The number of hydrogen-bond acceptors (Lipinski definition) is 2. The molecule has 1 fully saturated rings. The minimum Gasteiger partial charge on any atom is -0.472 e. The molecule has 2 aliphatic carbocycles. The van der Waals surface area contributed by atoms with Gasteiger partial charge in [-0.2, -0.15) is 0 Å². The molecular weight excluding hydrogens is 224 g/mol. The van der Waals surface area contributed by atoms with Crippen LogP contribution in [0.1, 0.15) is 51.5 Å². The van der Waals surface area contributed by atoms with Gasteiger partial charge in [-0.3, -0.25) is 4.79 Å². The highest BCUT2D eigenvalue weighted by Crippen LogP contribution is 2.60. The Bertz CT molecular complexity index is 507. The Morgan fingerprint density at radius 2 is 2.06 bits per heavy atom. The first kappa shape index (κ1) is 11.8. The Kier molecular flexibility index (Phi) is 2.35. The van der Waals surface area contributed by atoms with E-state index in [9.17, 15) is 4.79 Å². The van der Waals surface area contributed by atoms with Gasteiger partial charge in [0.1, 0.15) is 0 Å². The maximum Gasteiger partial charge on any atom is 0.164 e. The molecule has 0 radical (unpaired) electrons. The Morgan fingerprint density at radius 3 is 2.72 bits per heavy atom. The number of carbonyl (C=O) groups is 1. The normalized spacial score (nSPS) is 34.3. The zero-order valence-electron chi connectivity index (χ0n) is 11.3. The first-order chi connectivity index (χ1) is 8.45. The molecule has 0 saturated heterocycles. The summed E-state index contributed by atoms with van der Waals surface area (Å²) in [7, 11) is 0. The zero-order chi connectivity index (χ0) is 13.0. The fourth-order valence-corrected chi connectivity index (χ4v) is 4.11. The van der Waals surface area contributed by atoms with Gasteiger partial charge in [0.25, 0.3) is 0 Å². The molecular formula is C16H20O2. The van der Waals surface area contributed by atoms with Crippen molar-refractivity contribution in [3.8, 4) is 0 Å². The van der Waals surface area contributed by atoms with Gasteiger partial charge in [-0.1, -0.05) is 32.8 Å². The largest absolute Gasteiger partial charge is 0.472 e. The number of rotatable bonds is 1. The predicted octanol–water partition coefficient (Wildman–Crippen LogP) is 4.09. The van der Waals surface area contributed by atoms with E-state index in [2.05, 4.69) is 20.8 Å². The van der Waals surface area contributed by atoms with Crippen molar-refractivity contribution >= 4 is 5.78 Å². The lowest BCUT2D eigenvalue weighted by Crippen LogP contribution is -2.36. The van der Waals surface area contributed by atoms with Crippen LogP contribution in [0, 0.1) is 10.8 Å². The smallest absolute Gasteiger partial charge is 0.164 e. The fraction of sp³-hybridized carbons (Fsp3) is 0.562. The summed E-state index contributed by atoms with van der Waals surface area (Å²) in [6.45, 7) is 6.78. The molecule has 2 atom stereocenters. The summed E-state index contributed by atoms with van der Waals surface area (Å²) in [5.74, 6) is 0.217. The minimum atomic E-state index is -0.0363. The Balaban J connectivity index is 2.09. The van der Waals surface area contributed by atoms with E-state index in [1.54, 1.807) is 12.5 Å². The first-order valence-corrected chi connectivity index (χ1v) is 6.74. The van der Waals surface area contributed by atoms with Gasteiger partial charge in [0, 0.05) is 11.0 Å². The van der Waals surface area contributed by atoms with E-state index in [1.807, 2.05) is 12.1 Å². The average Bonchev–Trinajstić information content (AvgIpc) is 2.84. The topological polar surface area (TPSA) is 30.2 Å². The van der Waals surface area contributed by atoms with Gasteiger partial charge in [-0.05, 0) is 30.4 Å². The van der Waals surface area contributed by atoms with E-state index in [1.165, 1.54) is 18.4 Å². The van der Waals surface area contributed by atoms with Crippen molar-refractivity contribution in [3.63, 3.8) is 0 Å². The molecule has 0 aromatic carbocycles. The molecule has 0 aliphatic heterocycles. The Hall–Kier alpha value is -1.31. The molecule has 0 amide bonds. The molecule has 2 nitrogen and oxygen atoms in total. The second kappa shape index (κ2) is 3.59. The predicted molar refractivity (Wildman–Crippen MR) is 70.3 cm³/mol. The van der Waals surface area contributed by atoms with E-state index in [4.69, 9.17) is 4.42 Å². The highest BCUT2D eigenvalue weighted by Gasteiger charge is 2.53. The van der Waals surface area contributed by atoms with Crippen LogP contribution in [-0.4, -0.2) is 5.78 Å². The first-order valence-electron chi connectivity index (χ1n) is 6.74. The van der Waals surface area contributed by atoms with Gasteiger partial charge in [-0.25, -0.2) is 0 Å². The third kappa shape index (κ3) is 1.44. The molecule has 2 aliphatic rings. The monoisotopic (exact) mass is 244 g/mol. The number of carbonyl (C=O) groups excluding carboxylic acids is 1. The summed E-state index contributed by atoms with van der Waals surface area (Å²) in [6, 6.07) is 1.94. The highest BCUT2D eigenvalue weighted by molar-refractivity contribution is 6.00. The van der Waals surface area contributed by atoms with Crippen LogP contribution in [0.5, 0.6) is 0 Å². The van der Waals surface area contributed by atoms with E-state index in [-0.39, 0.29) is 22.5 Å². The van der Waals surface area contributed by atoms with Gasteiger partial charge < -0.3 is 4.42 Å². The van der Waals surface area contributed by atoms with Gasteiger partial charge in [0.15, 0.2) is 5.78 Å². The van der Waals surface area contributed by atoms with Crippen molar-refractivity contribution in [1.29, 1.82) is 0 Å². The van der Waals surface area contributed by atoms with Gasteiger partial charge in [0.05, 0.1) is 18.4 Å². The van der Waals surface area contributed by atoms with Crippen molar-refractivity contribution < 1.29 is 9.21 Å². The van der Waals surface area contributed by atoms with E-state index >= 15 is 0 Å². The lowest BCUT2D eigenvalue weighted by Gasteiger charge is -2.45. The van der Waals surface area contributed by atoms with Crippen molar-refractivity contribution in [1.82, 2.24) is 0 Å². The third-order valence-electron chi connectivity index (χ3n) is 4.93. The third-order valence-corrected chi connectivity index (χ3v) is 4.93. The van der Waals surface area contributed by atoms with E-state index < -0.39 is 0 Å². The van der Waals surface area contributed by atoms with E-state index in [0.29, 0.717) is 0 Å². The molecule has 0 spiro atoms. The minimum absolute atomic E-state index is 0.0112. The molecule has 2 heteroatoms. The summed E-state index contributed by atoms with van der Waals surface area (Å²) >= 11 is 0. The number of hydrogen-bond donors (Lipinski definition) is 0. The molecule has 96 valence electrons. The molecule has 1 aromatic rings. The quantitative estimate of drug-likeness (QED) is 0.744. The van der Waals surface area contributed by atoms with Crippen molar-refractivity contribution in [2.75, 3.05) is 0 Å². The number of ketones is 1. The Morgan fingerprint density at radius 1 is 1.28 bits per heavy atom. The van der Waals surface area contributed by atoms with E-state index in [0.717, 1.165) is 12.0 Å². The van der Waals surface area contributed by atoms with Crippen LogP contribution in [0.25, 0.3) is 0 Å². The van der Waals surface area contributed by atoms with Crippen LogP contribution in [0.3, 0.4) is 0 Å². The second-order valence-electron chi connectivity index (χ2n) is 6.60. The van der Waals surface area contributed by atoms with Crippen LogP contribution in [0.2, 0.25) is 0 Å².